The predicted octanol–water partition coefficient (Wildman–Crippen LogP) is 1.43. The third-order valence-corrected chi connectivity index (χ3v) is 2.63. The molecule has 0 bridgehead atoms. The Morgan fingerprint density at radius 3 is 1.00 bits per heavy atom. The van der Waals surface area contributed by atoms with Crippen molar-refractivity contribution in [2.24, 2.45) is 0 Å². The van der Waals surface area contributed by atoms with Gasteiger partial charge in [-0.3, -0.25) is 0 Å². The molecular formula is C15H32O6S. The smallest absolute Gasteiger partial charge is 0.0701 e. The summed E-state index contributed by atoms with van der Waals surface area (Å²) >= 11 is 4.04. The van der Waals surface area contributed by atoms with Crippen molar-refractivity contribution < 1.29 is 28.4 Å². The largest absolute Gasteiger partial charge is 0.379 e. The Hall–Kier alpha value is 0.110. The van der Waals surface area contributed by atoms with Crippen LogP contribution in [-0.2, 0) is 28.4 Å². The lowest BCUT2D eigenvalue weighted by molar-refractivity contribution is -0.0160. The number of hydrogen-bond acceptors (Lipinski definition) is 7. The minimum atomic E-state index is 0.569. The Bertz CT molecular complexity index is 177. The van der Waals surface area contributed by atoms with Crippen LogP contribution in [0.3, 0.4) is 0 Å². The lowest BCUT2D eigenvalue weighted by Crippen LogP contribution is -2.14. The lowest BCUT2D eigenvalue weighted by Gasteiger charge is -2.08. The summed E-state index contributed by atoms with van der Waals surface area (Å²) in [5.41, 5.74) is 0. The zero-order valence-corrected chi connectivity index (χ0v) is 14.7. The molecule has 0 aromatic rings. The second-order valence-corrected chi connectivity index (χ2v) is 4.85. The maximum atomic E-state index is 5.37. The summed E-state index contributed by atoms with van der Waals surface area (Å²) in [5.74, 6) is 0.737. The van der Waals surface area contributed by atoms with Gasteiger partial charge in [-0.25, -0.2) is 0 Å². The van der Waals surface area contributed by atoms with Gasteiger partial charge in [-0.1, -0.05) is 6.92 Å². The number of ether oxygens (including phenoxy) is 6. The minimum Gasteiger partial charge on any atom is -0.379 e. The quantitative estimate of drug-likeness (QED) is 0.284. The molecule has 0 amide bonds. The molecule has 0 saturated carbocycles. The Kier molecular flexibility index (Phi) is 21.2. The molecule has 0 aliphatic carbocycles. The van der Waals surface area contributed by atoms with E-state index < -0.39 is 0 Å². The van der Waals surface area contributed by atoms with Gasteiger partial charge in [0.1, 0.15) is 0 Å². The van der Waals surface area contributed by atoms with Crippen LogP contribution >= 0.6 is 12.6 Å². The molecule has 0 atom stereocenters. The number of hydrogen-bond donors (Lipinski definition) is 1. The van der Waals surface area contributed by atoms with E-state index in [-0.39, 0.29) is 0 Å². The summed E-state index contributed by atoms with van der Waals surface area (Å²) in [6.07, 6.45) is 1.04. The van der Waals surface area contributed by atoms with E-state index in [0.717, 1.165) is 18.8 Å². The van der Waals surface area contributed by atoms with Crippen molar-refractivity contribution in [3.63, 3.8) is 0 Å². The van der Waals surface area contributed by atoms with Gasteiger partial charge in [-0.15, -0.1) is 0 Å². The Balaban J connectivity index is 2.91. The summed E-state index contributed by atoms with van der Waals surface area (Å²) in [6, 6.07) is 0. The molecule has 6 nitrogen and oxygen atoms in total. The van der Waals surface area contributed by atoms with Gasteiger partial charge in [0.15, 0.2) is 0 Å². The van der Waals surface area contributed by atoms with Crippen LogP contribution in [0.5, 0.6) is 0 Å². The highest BCUT2D eigenvalue weighted by Gasteiger charge is 1.93. The van der Waals surface area contributed by atoms with Crippen LogP contribution in [0.4, 0.5) is 0 Å². The zero-order chi connectivity index (χ0) is 16.1. The fraction of sp³-hybridized carbons (Fsp3) is 1.00. The topological polar surface area (TPSA) is 55.4 Å². The van der Waals surface area contributed by atoms with Crippen LogP contribution in [0.2, 0.25) is 0 Å². The predicted molar refractivity (Wildman–Crippen MR) is 89.1 cm³/mol. The minimum absolute atomic E-state index is 0.569. The molecule has 0 N–H and O–H groups in total. The maximum Gasteiger partial charge on any atom is 0.0701 e. The van der Waals surface area contributed by atoms with Crippen LogP contribution in [0.1, 0.15) is 13.3 Å². The molecule has 0 rings (SSSR count). The number of thiol groups is 1. The average Bonchev–Trinajstić information content (AvgIpc) is 2.54. The van der Waals surface area contributed by atoms with Crippen LogP contribution < -0.4 is 0 Å². The van der Waals surface area contributed by atoms with E-state index in [2.05, 4.69) is 19.6 Å². The fourth-order valence-corrected chi connectivity index (χ4v) is 1.54. The monoisotopic (exact) mass is 340 g/mol. The third-order valence-electron chi connectivity index (χ3n) is 2.44. The Morgan fingerprint density at radius 1 is 0.455 bits per heavy atom. The highest BCUT2D eigenvalue weighted by molar-refractivity contribution is 7.80. The number of rotatable bonds is 19. The second kappa shape index (κ2) is 21.1. The first-order chi connectivity index (χ1) is 10.9. The van der Waals surface area contributed by atoms with Crippen molar-refractivity contribution in [3.05, 3.63) is 0 Å². The van der Waals surface area contributed by atoms with Crippen molar-refractivity contribution in [1.29, 1.82) is 0 Å². The van der Waals surface area contributed by atoms with Gasteiger partial charge in [-0.2, -0.15) is 12.6 Å². The van der Waals surface area contributed by atoms with Crippen LogP contribution in [0, 0.1) is 0 Å². The molecule has 134 valence electrons. The van der Waals surface area contributed by atoms with E-state index in [1.165, 1.54) is 0 Å². The van der Waals surface area contributed by atoms with Crippen molar-refractivity contribution >= 4 is 12.6 Å². The molecule has 0 aliphatic rings. The van der Waals surface area contributed by atoms with Crippen LogP contribution in [0.25, 0.3) is 0 Å². The van der Waals surface area contributed by atoms with Crippen molar-refractivity contribution in [3.8, 4) is 0 Å². The Morgan fingerprint density at radius 2 is 0.727 bits per heavy atom. The second-order valence-electron chi connectivity index (χ2n) is 4.40. The summed E-state index contributed by atoms with van der Waals surface area (Å²) < 4.78 is 31.9. The van der Waals surface area contributed by atoms with Crippen LogP contribution in [0.15, 0.2) is 0 Å². The van der Waals surface area contributed by atoms with Gasteiger partial charge in [0.25, 0.3) is 0 Å². The average molecular weight is 340 g/mol. The first kappa shape index (κ1) is 22.1. The summed E-state index contributed by atoms with van der Waals surface area (Å²) in [5, 5.41) is 0. The molecule has 0 radical (unpaired) electrons. The summed E-state index contributed by atoms with van der Waals surface area (Å²) in [7, 11) is 0. The first-order valence-electron chi connectivity index (χ1n) is 7.99. The molecule has 0 spiro atoms. The highest BCUT2D eigenvalue weighted by Crippen LogP contribution is 1.85. The van der Waals surface area contributed by atoms with Gasteiger partial charge in [0.2, 0.25) is 0 Å². The molecule has 0 aliphatic heterocycles. The highest BCUT2D eigenvalue weighted by atomic mass is 32.1. The van der Waals surface area contributed by atoms with E-state index in [1.54, 1.807) is 0 Å². The van der Waals surface area contributed by atoms with Gasteiger partial charge in [-0.05, 0) is 6.42 Å². The lowest BCUT2D eigenvalue weighted by atomic mass is 10.5. The van der Waals surface area contributed by atoms with E-state index >= 15 is 0 Å². The molecule has 0 unspecified atom stereocenters. The fourth-order valence-electron chi connectivity index (χ4n) is 1.41. The zero-order valence-electron chi connectivity index (χ0n) is 13.8. The van der Waals surface area contributed by atoms with Crippen molar-refractivity contribution in [1.82, 2.24) is 0 Å². The van der Waals surface area contributed by atoms with Crippen molar-refractivity contribution in [2.75, 3.05) is 85.0 Å². The molecule has 0 fully saturated rings. The Labute approximate surface area is 140 Å². The first-order valence-corrected chi connectivity index (χ1v) is 8.62. The van der Waals surface area contributed by atoms with E-state index in [9.17, 15) is 0 Å². The molecule has 0 heterocycles. The van der Waals surface area contributed by atoms with Crippen molar-refractivity contribution in [2.45, 2.75) is 13.3 Å². The van der Waals surface area contributed by atoms with E-state index in [0.29, 0.717) is 72.7 Å². The van der Waals surface area contributed by atoms with Gasteiger partial charge in [0.05, 0.1) is 72.7 Å². The molecule has 22 heavy (non-hydrogen) atoms. The molecule has 0 aromatic heterocycles. The normalized spacial score (nSPS) is 11.2. The van der Waals surface area contributed by atoms with E-state index in [4.69, 9.17) is 28.4 Å². The standard InChI is InChI=1S/C15H32O6S/c1-2-3-16-4-5-17-6-7-18-8-9-19-10-11-20-12-13-21-14-15-22/h22H,2-15H2,1H3. The van der Waals surface area contributed by atoms with Gasteiger partial charge in [0, 0.05) is 12.4 Å². The van der Waals surface area contributed by atoms with E-state index in [1.807, 2.05) is 0 Å². The van der Waals surface area contributed by atoms with Gasteiger partial charge >= 0.3 is 0 Å². The molecule has 7 heteroatoms. The molecule has 0 aromatic carbocycles. The molecule has 0 saturated heterocycles. The SMILES string of the molecule is CCCOCCOCCOCCOCCOCCOCCS. The van der Waals surface area contributed by atoms with Gasteiger partial charge < -0.3 is 28.4 Å². The van der Waals surface area contributed by atoms with Crippen LogP contribution in [-0.4, -0.2) is 85.0 Å². The summed E-state index contributed by atoms with van der Waals surface area (Å²) in [6.45, 7) is 9.46. The molecular weight excluding hydrogens is 308 g/mol. The maximum absolute atomic E-state index is 5.37. The third kappa shape index (κ3) is 20.1. The summed E-state index contributed by atoms with van der Waals surface area (Å²) in [4.78, 5) is 0.